The molecule has 0 spiro atoms. The van der Waals surface area contributed by atoms with E-state index in [-0.39, 0.29) is 11.2 Å². The molecule has 0 N–H and O–H groups in total. The Labute approximate surface area is 182 Å². The van der Waals surface area contributed by atoms with Gasteiger partial charge in [-0.3, -0.25) is 19.5 Å². The normalized spacial score (nSPS) is 11.4. The first-order chi connectivity index (χ1) is 15.6. The molecule has 0 atom stereocenters. The van der Waals surface area contributed by atoms with E-state index in [1.165, 1.54) is 12.1 Å². The summed E-state index contributed by atoms with van der Waals surface area (Å²) in [5, 5.41) is 13.4. The average Bonchev–Trinajstić information content (AvgIpc) is 2.83. The van der Waals surface area contributed by atoms with Crippen LogP contribution in [0.15, 0.2) is 95.8 Å². The summed E-state index contributed by atoms with van der Waals surface area (Å²) in [6.07, 6.45) is 3.55. The summed E-state index contributed by atoms with van der Waals surface area (Å²) < 4.78 is 1.62. The SMILES string of the molecule is O=c1c2ccccc2nc(/C=C\c2ccc([N+](=O)[O-])cc2)n1-c1cccc2ccccc12. The van der Waals surface area contributed by atoms with E-state index in [9.17, 15) is 14.9 Å². The van der Waals surface area contributed by atoms with Gasteiger partial charge in [-0.25, -0.2) is 4.98 Å². The van der Waals surface area contributed by atoms with Crippen LogP contribution in [0.4, 0.5) is 5.69 Å². The van der Waals surface area contributed by atoms with Gasteiger partial charge in [0.05, 0.1) is 21.5 Å². The lowest BCUT2D eigenvalue weighted by Gasteiger charge is -2.14. The van der Waals surface area contributed by atoms with E-state index in [1.54, 1.807) is 34.9 Å². The van der Waals surface area contributed by atoms with Crippen molar-refractivity contribution in [2.45, 2.75) is 0 Å². The van der Waals surface area contributed by atoms with Gasteiger partial charge in [0, 0.05) is 17.5 Å². The molecule has 5 rings (SSSR count). The van der Waals surface area contributed by atoms with Crippen LogP contribution in [-0.4, -0.2) is 14.5 Å². The van der Waals surface area contributed by atoms with Crippen molar-refractivity contribution in [1.29, 1.82) is 0 Å². The maximum atomic E-state index is 13.5. The second-order valence-electron chi connectivity index (χ2n) is 7.31. The van der Waals surface area contributed by atoms with Gasteiger partial charge in [0.2, 0.25) is 0 Å². The molecule has 4 aromatic carbocycles. The number of rotatable bonds is 4. The van der Waals surface area contributed by atoms with Crippen LogP contribution in [0.3, 0.4) is 0 Å². The van der Waals surface area contributed by atoms with Gasteiger partial charge < -0.3 is 0 Å². The van der Waals surface area contributed by atoms with Crippen LogP contribution < -0.4 is 5.56 Å². The topological polar surface area (TPSA) is 78.0 Å². The maximum Gasteiger partial charge on any atom is 0.269 e. The highest BCUT2D eigenvalue weighted by atomic mass is 16.6. The summed E-state index contributed by atoms with van der Waals surface area (Å²) in [5.74, 6) is 0.475. The van der Waals surface area contributed by atoms with Crippen LogP contribution in [0.1, 0.15) is 11.4 Å². The second-order valence-corrected chi connectivity index (χ2v) is 7.31. The first kappa shape index (κ1) is 19.4. The second kappa shape index (κ2) is 7.92. The predicted molar refractivity (Wildman–Crippen MR) is 127 cm³/mol. The van der Waals surface area contributed by atoms with E-state index in [0.717, 1.165) is 22.0 Å². The molecule has 0 fully saturated rings. The molecule has 0 saturated heterocycles. The molecule has 6 nitrogen and oxygen atoms in total. The maximum absolute atomic E-state index is 13.5. The Morgan fingerprint density at radius 2 is 1.47 bits per heavy atom. The molecule has 154 valence electrons. The van der Waals surface area contributed by atoms with E-state index < -0.39 is 4.92 Å². The van der Waals surface area contributed by atoms with Crippen molar-refractivity contribution in [3.8, 4) is 5.69 Å². The Hall–Kier alpha value is -4.58. The van der Waals surface area contributed by atoms with E-state index in [2.05, 4.69) is 0 Å². The third kappa shape index (κ3) is 3.44. The van der Waals surface area contributed by atoms with Crippen LogP contribution in [0, 0.1) is 10.1 Å². The third-order valence-corrected chi connectivity index (χ3v) is 5.34. The zero-order chi connectivity index (χ0) is 22.1. The van der Waals surface area contributed by atoms with Crippen molar-refractivity contribution in [3.63, 3.8) is 0 Å². The Morgan fingerprint density at radius 1 is 0.781 bits per heavy atom. The van der Waals surface area contributed by atoms with Crippen molar-refractivity contribution in [2.24, 2.45) is 0 Å². The number of nitrogens with zero attached hydrogens (tertiary/aromatic N) is 3. The molecule has 0 aliphatic heterocycles. The number of hydrogen-bond donors (Lipinski definition) is 0. The van der Waals surface area contributed by atoms with Gasteiger partial charge in [-0.15, -0.1) is 0 Å². The van der Waals surface area contributed by atoms with E-state index >= 15 is 0 Å². The molecule has 0 unspecified atom stereocenters. The van der Waals surface area contributed by atoms with Crippen LogP contribution in [0.2, 0.25) is 0 Å². The van der Waals surface area contributed by atoms with Gasteiger partial charge in [-0.1, -0.05) is 54.6 Å². The summed E-state index contributed by atoms with van der Waals surface area (Å²) in [6, 6.07) is 27.2. The fourth-order valence-corrected chi connectivity index (χ4v) is 3.78. The number of nitro benzene ring substituents is 1. The van der Waals surface area contributed by atoms with Crippen molar-refractivity contribution in [1.82, 2.24) is 9.55 Å². The number of fused-ring (bicyclic) bond motifs is 2. The Balaban J connectivity index is 1.73. The number of non-ortho nitro benzene ring substituents is 1. The summed E-state index contributed by atoms with van der Waals surface area (Å²) in [6.45, 7) is 0. The summed E-state index contributed by atoms with van der Waals surface area (Å²) in [7, 11) is 0. The molecule has 0 aliphatic rings. The molecule has 32 heavy (non-hydrogen) atoms. The Morgan fingerprint density at radius 3 is 2.25 bits per heavy atom. The Kier molecular flexibility index (Phi) is 4.80. The Bertz CT molecular complexity index is 1560. The number of nitro groups is 1. The molecular weight excluding hydrogens is 402 g/mol. The number of hydrogen-bond acceptors (Lipinski definition) is 4. The molecule has 0 bridgehead atoms. The number of benzene rings is 4. The molecule has 6 heteroatoms. The summed E-state index contributed by atoms with van der Waals surface area (Å²) in [5.41, 5.74) is 1.99. The van der Waals surface area contributed by atoms with Crippen molar-refractivity contribution >= 4 is 39.5 Å². The molecule has 1 heterocycles. The molecule has 0 aliphatic carbocycles. The van der Waals surface area contributed by atoms with Crippen LogP contribution >= 0.6 is 0 Å². The predicted octanol–water partition coefficient (Wildman–Crippen LogP) is 5.62. The zero-order valence-electron chi connectivity index (χ0n) is 16.9. The van der Waals surface area contributed by atoms with E-state index in [4.69, 9.17) is 4.98 Å². The largest absolute Gasteiger partial charge is 0.269 e. The highest BCUT2D eigenvalue weighted by Gasteiger charge is 2.13. The standard InChI is InChI=1S/C26H17N3O3/c30-26-22-9-3-4-10-23(22)27-25(17-14-18-12-15-20(16-13-18)29(31)32)28(26)24-11-5-7-19-6-1-2-8-21(19)24/h1-17H/b17-14-. The molecule has 5 aromatic rings. The van der Waals surface area contributed by atoms with Gasteiger partial charge in [0.1, 0.15) is 5.82 Å². The van der Waals surface area contributed by atoms with Gasteiger partial charge in [0.25, 0.3) is 11.2 Å². The van der Waals surface area contributed by atoms with Crippen molar-refractivity contribution in [3.05, 3.63) is 123 Å². The molecule has 0 amide bonds. The molecule has 0 saturated carbocycles. The molecular formula is C26H17N3O3. The lowest BCUT2D eigenvalue weighted by molar-refractivity contribution is -0.384. The van der Waals surface area contributed by atoms with Crippen molar-refractivity contribution in [2.75, 3.05) is 0 Å². The number of para-hydroxylation sites is 1. The van der Waals surface area contributed by atoms with Gasteiger partial charge in [-0.2, -0.15) is 0 Å². The van der Waals surface area contributed by atoms with Gasteiger partial charge >= 0.3 is 0 Å². The first-order valence-electron chi connectivity index (χ1n) is 10.0. The quantitative estimate of drug-likeness (QED) is 0.280. The van der Waals surface area contributed by atoms with Gasteiger partial charge in [0.15, 0.2) is 0 Å². The van der Waals surface area contributed by atoms with Crippen molar-refractivity contribution < 1.29 is 4.92 Å². The monoisotopic (exact) mass is 419 g/mol. The fourth-order valence-electron chi connectivity index (χ4n) is 3.78. The smallest absolute Gasteiger partial charge is 0.268 e. The van der Waals surface area contributed by atoms with E-state index in [0.29, 0.717) is 16.7 Å². The van der Waals surface area contributed by atoms with Gasteiger partial charge in [-0.05, 0) is 47.4 Å². The highest BCUT2D eigenvalue weighted by Crippen LogP contribution is 2.24. The minimum atomic E-state index is -0.434. The third-order valence-electron chi connectivity index (χ3n) is 5.34. The van der Waals surface area contributed by atoms with Crippen LogP contribution in [-0.2, 0) is 0 Å². The average molecular weight is 419 g/mol. The summed E-state index contributed by atoms with van der Waals surface area (Å²) in [4.78, 5) is 28.8. The molecule has 0 radical (unpaired) electrons. The number of aromatic nitrogens is 2. The van der Waals surface area contributed by atoms with Crippen LogP contribution in [0.25, 0.3) is 39.5 Å². The lowest BCUT2D eigenvalue weighted by atomic mass is 10.1. The minimum absolute atomic E-state index is 0.0265. The fraction of sp³-hybridized carbons (Fsp3) is 0. The zero-order valence-corrected chi connectivity index (χ0v) is 16.9. The van der Waals surface area contributed by atoms with Crippen LogP contribution in [0.5, 0.6) is 0 Å². The van der Waals surface area contributed by atoms with E-state index in [1.807, 2.05) is 60.7 Å². The lowest BCUT2D eigenvalue weighted by Crippen LogP contribution is -2.22. The summed E-state index contributed by atoms with van der Waals surface area (Å²) >= 11 is 0. The first-order valence-corrected chi connectivity index (χ1v) is 10.0. The minimum Gasteiger partial charge on any atom is -0.268 e. The highest BCUT2D eigenvalue weighted by molar-refractivity contribution is 5.91. The molecule has 1 aromatic heterocycles.